The van der Waals surface area contributed by atoms with Crippen molar-refractivity contribution in [2.45, 2.75) is 101 Å². The lowest BCUT2D eigenvalue weighted by Crippen LogP contribution is -2.43. The number of piperidine rings is 2. The zero-order chi connectivity index (χ0) is 39.7. The number of aliphatic hydroxyl groups is 2. The van der Waals surface area contributed by atoms with Gasteiger partial charge in [0.25, 0.3) is 0 Å². The molecule has 4 atom stereocenters. The summed E-state index contributed by atoms with van der Waals surface area (Å²) in [6.07, 6.45) is 15.3. The lowest BCUT2D eigenvalue weighted by Gasteiger charge is -2.34. The average Bonchev–Trinajstić information content (AvgIpc) is 3.18. The van der Waals surface area contributed by atoms with Gasteiger partial charge in [-0.1, -0.05) is 85.0 Å². The van der Waals surface area contributed by atoms with Gasteiger partial charge in [0, 0.05) is 52.0 Å². The number of nitrogens with zero attached hydrogens (tertiary/aromatic N) is 2. The SMILES string of the molecule is COC(=O)COCCCCN1C(=O)CCC[C@@H]1/C=C/C(O)Cc1ccccc1.O=C(O)COCCCCN1C(=O)CCC[C@@H]1/C=C/C(O)Cc1ccccc1. The number of rotatable bonds is 22. The third-order valence-corrected chi connectivity index (χ3v) is 9.46. The Morgan fingerprint density at radius 2 is 1.15 bits per heavy atom. The molecular formula is C43H60N2O10. The molecule has 0 aromatic heterocycles. The van der Waals surface area contributed by atoms with Crippen molar-refractivity contribution < 1.29 is 48.7 Å². The number of methoxy groups -OCH3 is 1. The molecule has 2 aromatic rings. The van der Waals surface area contributed by atoms with Gasteiger partial charge in [0.05, 0.1) is 31.4 Å². The molecule has 12 nitrogen and oxygen atoms in total. The van der Waals surface area contributed by atoms with Gasteiger partial charge < -0.3 is 39.3 Å². The molecule has 0 aliphatic carbocycles. The number of ether oxygens (including phenoxy) is 3. The predicted molar refractivity (Wildman–Crippen MR) is 209 cm³/mol. The van der Waals surface area contributed by atoms with Crippen LogP contribution in [0.1, 0.15) is 75.3 Å². The number of amides is 2. The molecule has 0 spiro atoms. The second kappa shape index (κ2) is 26.4. The van der Waals surface area contributed by atoms with E-state index in [1.807, 2.05) is 88.7 Å². The van der Waals surface area contributed by atoms with E-state index in [4.69, 9.17) is 14.6 Å². The lowest BCUT2D eigenvalue weighted by atomic mass is 9.99. The minimum Gasteiger partial charge on any atom is -0.480 e. The van der Waals surface area contributed by atoms with Crippen LogP contribution in [0.15, 0.2) is 85.0 Å². The predicted octanol–water partition coefficient (Wildman–Crippen LogP) is 4.91. The Morgan fingerprint density at radius 1 is 0.709 bits per heavy atom. The van der Waals surface area contributed by atoms with Gasteiger partial charge in [0.1, 0.15) is 13.2 Å². The van der Waals surface area contributed by atoms with E-state index in [2.05, 4.69) is 4.74 Å². The number of hydrogen-bond donors (Lipinski definition) is 3. The normalized spacial score (nSPS) is 18.6. The Hall–Kier alpha value is -4.36. The highest BCUT2D eigenvalue weighted by Crippen LogP contribution is 2.22. The monoisotopic (exact) mass is 764 g/mol. The molecule has 2 aliphatic heterocycles. The largest absolute Gasteiger partial charge is 0.480 e. The fourth-order valence-corrected chi connectivity index (χ4v) is 6.58. The van der Waals surface area contributed by atoms with Gasteiger partial charge in [-0.05, 0) is 62.5 Å². The quantitative estimate of drug-likeness (QED) is 0.0854. The van der Waals surface area contributed by atoms with Crippen molar-refractivity contribution in [3.63, 3.8) is 0 Å². The fraction of sp³-hybridized carbons (Fsp3) is 0.535. The number of benzene rings is 2. The van der Waals surface area contributed by atoms with E-state index < -0.39 is 18.2 Å². The van der Waals surface area contributed by atoms with Gasteiger partial charge in [-0.3, -0.25) is 9.59 Å². The molecular weight excluding hydrogens is 704 g/mol. The molecule has 2 aliphatic rings. The van der Waals surface area contributed by atoms with E-state index in [1.165, 1.54) is 7.11 Å². The van der Waals surface area contributed by atoms with Crippen LogP contribution in [0.4, 0.5) is 0 Å². The molecule has 302 valence electrons. The minimum atomic E-state index is -0.972. The Bertz CT molecular complexity index is 1470. The van der Waals surface area contributed by atoms with Crippen molar-refractivity contribution in [1.82, 2.24) is 9.80 Å². The smallest absolute Gasteiger partial charge is 0.331 e. The number of carbonyl (C=O) groups excluding carboxylic acids is 3. The first-order chi connectivity index (χ1) is 26.7. The molecule has 0 radical (unpaired) electrons. The fourth-order valence-electron chi connectivity index (χ4n) is 6.58. The van der Waals surface area contributed by atoms with Crippen molar-refractivity contribution in [2.75, 3.05) is 46.6 Å². The number of carboxylic acids is 1. The molecule has 2 heterocycles. The topological polar surface area (TPSA) is 163 Å². The number of aliphatic hydroxyl groups excluding tert-OH is 2. The van der Waals surface area contributed by atoms with Crippen molar-refractivity contribution in [1.29, 1.82) is 0 Å². The number of carbonyl (C=O) groups is 4. The van der Waals surface area contributed by atoms with Crippen LogP contribution in [-0.2, 0) is 46.2 Å². The number of carboxylic acid groups (broad SMARTS) is 1. The van der Waals surface area contributed by atoms with Gasteiger partial charge in [-0.2, -0.15) is 0 Å². The van der Waals surface area contributed by atoms with Gasteiger partial charge in [-0.15, -0.1) is 0 Å². The Labute approximate surface area is 325 Å². The molecule has 2 fully saturated rings. The van der Waals surface area contributed by atoms with E-state index >= 15 is 0 Å². The zero-order valence-corrected chi connectivity index (χ0v) is 32.2. The van der Waals surface area contributed by atoms with Crippen molar-refractivity contribution >= 4 is 23.8 Å². The number of aliphatic carboxylic acids is 1. The van der Waals surface area contributed by atoms with E-state index in [1.54, 1.807) is 6.08 Å². The third kappa shape index (κ3) is 18.7. The van der Waals surface area contributed by atoms with Crippen LogP contribution in [-0.4, -0.2) is 120 Å². The summed E-state index contributed by atoms with van der Waals surface area (Å²) in [4.78, 5) is 49.8. The second-order valence-electron chi connectivity index (χ2n) is 13.9. The molecule has 55 heavy (non-hydrogen) atoms. The summed E-state index contributed by atoms with van der Waals surface area (Å²) in [5, 5.41) is 29.1. The summed E-state index contributed by atoms with van der Waals surface area (Å²) >= 11 is 0. The van der Waals surface area contributed by atoms with E-state index in [0.29, 0.717) is 58.4 Å². The minimum absolute atomic E-state index is 0.0108. The highest BCUT2D eigenvalue weighted by atomic mass is 16.6. The van der Waals surface area contributed by atoms with E-state index in [-0.39, 0.29) is 43.1 Å². The molecule has 0 saturated carbocycles. The van der Waals surface area contributed by atoms with Gasteiger partial charge in [-0.25, -0.2) is 9.59 Å². The molecule has 0 bridgehead atoms. The van der Waals surface area contributed by atoms with Crippen LogP contribution >= 0.6 is 0 Å². The summed E-state index contributed by atoms with van der Waals surface area (Å²) in [6, 6.07) is 19.7. The molecule has 4 rings (SSSR count). The molecule has 2 saturated heterocycles. The average molecular weight is 765 g/mol. The maximum Gasteiger partial charge on any atom is 0.331 e. The third-order valence-electron chi connectivity index (χ3n) is 9.46. The molecule has 12 heteroatoms. The van der Waals surface area contributed by atoms with Gasteiger partial charge >= 0.3 is 11.9 Å². The Morgan fingerprint density at radius 3 is 1.56 bits per heavy atom. The maximum atomic E-state index is 12.3. The second-order valence-corrected chi connectivity index (χ2v) is 13.9. The first-order valence-corrected chi connectivity index (χ1v) is 19.5. The Kier molecular flexibility index (Phi) is 21.7. The van der Waals surface area contributed by atoms with Gasteiger partial charge in [0.2, 0.25) is 11.8 Å². The Balaban J connectivity index is 0.000000296. The van der Waals surface area contributed by atoms with Crippen LogP contribution in [0.2, 0.25) is 0 Å². The molecule has 2 aromatic carbocycles. The highest BCUT2D eigenvalue weighted by Gasteiger charge is 2.27. The molecule has 3 N–H and O–H groups in total. The van der Waals surface area contributed by atoms with E-state index in [9.17, 15) is 29.4 Å². The first kappa shape index (κ1) is 45.0. The van der Waals surface area contributed by atoms with Crippen molar-refractivity contribution in [3.8, 4) is 0 Å². The lowest BCUT2D eigenvalue weighted by molar-refractivity contribution is -0.146. The highest BCUT2D eigenvalue weighted by molar-refractivity contribution is 5.78. The number of likely N-dealkylation sites (tertiary alicyclic amines) is 2. The van der Waals surface area contributed by atoms with Crippen LogP contribution in [0.3, 0.4) is 0 Å². The number of esters is 1. The van der Waals surface area contributed by atoms with Crippen molar-refractivity contribution in [3.05, 3.63) is 96.1 Å². The summed E-state index contributed by atoms with van der Waals surface area (Å²) in [5.74, 6) is -1.06. The number of unbranched alkanes of at least 4 members (excludes halogenated alkanes) is 2. The molecule has 2 amide bonds. The van der Waals surface area contributed by atoms with Crippen LogP contribution < -0.4 is 0 Å². The maximum absolute atomic E-state index is 12.3. The summed E-state index contributed by atoms with van der Waals surface area (Å²) in [5.41, 5.74) is 2.16. The summed E-state index contributed by atoms with van der Waals surface area (Å²) in [6.45, 7) is 1.80. The number of hydrogen-bond acceptors (Lipinski definition) is 9. The van der Waals surface area contributed by atoms with Crippen LogP contribution in [0.5, 0.6) is 0 Å². The van der Waals surface area contributed by atoms with Crippen LogP contribution in [0.25, 0.3) is 0 Å². The molecule has 2 unspecified atom stereocenters. The van der Waals surface area contributed by atoms with Crippen LogP contribution in [0, 0.1) is 0 Å². The van der Waals surface area contributed by atoms with E-state index in [0.717, 1.165) is 56.1 Å². The van der Waals surface area contributed by atoms with Crippen molar-refractivity contribution in [2.24, 2.45) is 0 Å². The summed E-state index contributed by atoms with van der Waals surface area (Å²) in [7, 11) is 1.33. The first-order valence-electron chi connectivity index (χ1n) is 19.5. The standard InChI is InChI=1S/C22H31NO5.C21H29NO5/c1-27-22(26)17-28-15-6-5-14-23-19(10-7-11-21(23)25)12-13-20(24)16-18-8-3-2-4-9-18;23-19(15-17-7-2-1-3-8-17)12-11-18-9-6-10-20(24)22(18)13-4-5-14-27-16-21(25)26/h2-4,8-9,12-13,19-20,24H,5-7,10-11,14-17H2,1H3;1-3,7-8,11-12,18-19,23H,4-6,9-10,13-16H2,(H,25,26)/b13-12+;12-11+/t19-,20?;18-,19?/m11/s1. The van der Waals surface area contributed by atoms with Gasteiger partial charge in [0.15, 0.2) is 0 Å². The summed E-state index contributed by atoms with van der Waals surface area (Å²) < 4.78 is 14.8. The zero-order valence-electron chi connectivity index (χ0n) is 32.2.